The topological polar surface area (TPSA) is 95.2 Å². The molecule has 0 aromatic heterocycles. The number of rotatable bonds is 1. The second-order valence-electron chi connectivity index (χ2n) is 14.7. The Labute approximate surface area is 215 Å². The van der Waals surface area contributed by atoms with Gasteiger partial charge < -0.3 is 5.11 Å². The summed E-state index contributed by atoms with van der Waals surface area (Å²) in [4.78, 5) is 40.2. The van der Waals surface area contributed by atoms with Crippen LogP contribution in [0, 0.1) is 61.6 Å². The molecule has 0 saturated heterocycles. The summed E-state index contributed by atoms with van der Waals surface area (Å²) in [6.07, 6.45) is 8.98. The lowest BCUT2D eigenvalue weighted by molar-refractivity contribution is -0.188. The predicted octanol–water partition coefficient (Wildman–Crippen LogP) is 6.29. The highest BCUT2D eigenvalue weighted by Gasteiger charge is 2.70. The van der Waals surface area contributed by atoms with E-state index in [1.807, 2.05) is 26.0 Å². The molecule has 0 aromatic carbocycles. The van der Waals surface area contributed by atoms with Gasteiger partial charge in [-0.05, 0) is 79.1 Å². The van der Waals surface area contributed by atoms with E-state index in [0.29, 0.717) is 19.3 Å². The molecule has 0 aromatic rings. The maximum Gasteiger partial charge on any atom is 0.309 e. The van der Waals surface area contributed by atoms with Crippen LogP contribution in [0.25, 0.3) is 0 Å². The normalized spacial score (nSPS) is 46.7. The van der Waals surface area contributed by atoms with Crippen molar-refractivity contribution in [3.05, 3.63) is 23.3 Å². The summed E-state index contributed by atoms with van der Waals surface area (Å²) in [7, 11) is 0. The minimum absolute atomic E-state index is 0.00880. The van der Waals surface area contributed by atoms with Gasteiger partial charge >= 0.3 is 5.97 Å². The first-order chi connectivity index (χ1) is 16.5. The highest BCUT2D eigenvalue weighted by molar-refractivity contribution is 6.04. The highest BCUT2D eigenvalue weighted by Crippen LogP contribution is 2.74. The van der Waals surface area contributed by atoms with Crippen molar-refractivity contribution in [1.82, 2.24) is 0 Å². The number of nitriles is 1. The van der Waals surface area contributed by atoms with Gasteiger partial charge in [-0.1, -0.05) is 60.1 Å². The molecule has 194 valence electrons. The molecule has 5 aliphatic rings. The minimum Gasteiger partial charge on any atom is -0.481 e. The van der Waals surface area contributed by atoms with Crippen LogP contribution in [0.4, 0.5) is 0 Å². The van der Waals surface area contributed by atoms with Crippen LogP contribution in [-0.2, 0) is 14.4 Å². The Bertz CT molecular complexity index is 1180. The fraction of sp³-hybridized carbons (Fsp3) is 0.742. The van der Waals surface area contributed by atoms with E-state index in [0.717, 1.165) is 31.3 Å². The van der Waals surface area contributed by atoms with E-state index in [9.17, 15) is 24.8 Å². The second-order valence-corrected chi connectivity index (χ2v) is 14.7. The number of carboxylic acid groups (broad SMARTS) is 1. The lowest BCUT2D eigenvalue weighted by Gasteiger charge is -2.68. The average molecular weight is 492 g/mol. The minimum atomic E-state index is -0.828. The zero-order valence-electron chi connectivity index (χ0n) is 23.0. The number of ketones is 2. The van der Waals surface area contributed by atoms with Gasteiger partial charge in [0.05, 0.1) is 11.0 Å². The Kier molecular flexibility index (Phi) is 5.09. The molecule has 3 fully saturated rings. The molecular formula is C31H41NO4. The number of aliphatic carboxylic acids is 1. The van der Waals surface area contributed by atoms with E-state index in [1.165, 1.54) is 0 Å². The van der Waals surface area contributed by atoms with Crippen molar-refractivity contribution in [2.75, 3.05) is 0 Å². The molecule has 3 saturated carbocycles. The van der Waals surface area contributed by atoms with Crippen molar-refractivity contribution in [3.63, 3.8) is 0 Å². The highest BCUT2D eigenvalue weighted by atomic mass is 16.4. The van der Waals surface area contributed by atoms with Gasteiger partial charge in [0.2, 0.25) is 0 Å². The van der Waals surface area contributed by atoms with Crippen molar-refractivity contribution < 1.29 is 19.5 Å². The van der Waals surface area contributed by atoms with Crippen molar-refractivity contribution in [3.8, 4) is 6.07 Å². The fourth-order valence-corrected chi connectivity index (χ4v) is 10.0. The summed E-state index contributed by atoms with van der Waals surface area (Å²) in [6.45, 7) is 15.0. The molecule has 36 heavy (non-hydrogen) atoms. The summed E-state index contributed by atoms with van der Waals surface area (Å²) in [5.74, 6) is -1.27. The Hall–Kier alpha value is -2.22. The van der Waals surface area contributed by atoms with Crippen LogP contribution in [0.5, 0.6) is 0 Å². The Morgan fingerprint density at radius 3 is 2.25 bits per heavy atom. The quantitative estimate of drug-likeness (QED) is 0.465. The van der Waals surface area contributed by atoms with Gasteiger partial charge in [0.15, 0.2) is 11.6 Å². The Morgan fingerprint density at radius 2 is 1.64 bits per heavy atom. The smallest absolute Gasteiger partial charge is 0.309 e. The number of Topliss-reactive ketones (excluding diaryl/α,β-unsaturated/α-hetero) is 1. The van der Waals surface area contributed by atoms with Crippen LogP contribution >= 0.6 is 0 Å². The molecule has 1 N–H and O–H groups in total. The molecule has 2 unspecified atom stereocenters. The predicted molar refractivity (Wildman–Crippen MR) is 137 cm³/mol. The zero-order chi connectivity index (χ0) is 26.7. The Morgan fingerprint density at radius 1 is 1.00 bits per heavy atom. The standard InChI is InChI=1S/C31H41NO4/c1-26(2)10-12-31(25(35)36)13-11-30(7)23(19(31)16-26)20(33)14-22-28(5)15-18(17-32)24(34)27(3,4)21(28)8-9-29(22,30)6/h14-15,19,21,23H,8-13,16H2,1-7H3,(H,35,36)/t19?,21-,23?,28-,29+,30+,31-/m0/s1. The van der Waals surface area contributed by atoms with E-state index in [2.05, 4.69) is 40.7 Å². The number of allylic oxidation sites excluding steroid dienone is 4. The average Bonchev–Trinajstić information content (AvgIpc) is 2.77. The first-order valence-electron chi connectivity index (χ1n) is 13.7. The van der Waals surface area contributed by atoms with E-state index in [-0.39, 0.29) is 51.1 Å². The molecule has 0 amide bonds. The van der Waals surface area contributed by atoms with Crippen LogP contribution in [0.1, 0.15) is 93.4 Å². The third kappa shape index (κ3) is 2.85. The fourth-order valence-electron chi connectivity index (χ4n) is 10.0. The monoisotopic (exact) mass is 491 g/mol. The van der Waals surface area contributed by atoms with Crippen LogP contribution in [0.3, 0.4) is 0 Å². The molecule has 0 spiro atoms. The number of hydrogen-bond acceptors (Lipinski definition) is 4. The molecule has 0 heterocycles. The number of hydrogen-bond donors (Lipinski definition) is 1. The molecule has 0 aliphatic heterocycles. The number of fused-ring (bicyclic) bond motifs is 7. The maximum atomic E-state index is 14.2. The summed E-state index contributed by atoms with van der Waals surface area (Å²) >= 11 is 0. The third-order valence-corrected chi connectivity index (χ3v) is 12.3. The second kappa shape index (κ2) is 7.21. The van der Waals surface area contributed by atoms with Crippen LogP contribution in [-0.4, -0.2) is 22.6 Å². The summed E-state index contributed by atoms with van der Waals surface area (Å²) in [5.41, 5.74) is -1.49. The van der Waals surface area contributed by atoms with Crippen LogP contribution in [0.15, 0.2) is 23.3 Å². The number of nitrogens with zero attached hydrogens (tertiary/aromatic N) is 1. The number of carbonyl (C=O) groups excluding carboxylic acids is 2. The molecule has 5 nitrogen and oxygen atoms in total. The molecule has 5 rings (SSSR count). The molecule has 5 aliphatic carbocycles. The van der Waals surface area contributed by atoms with Gasteiger partial charge in [0.1, 0.15) is 6.07 Å². The molecule has 0 radical (unpaired) electrons. The van der Waals surface area contributed by atoms with Crippen molar-refractivity contribution >= 4 is 17.5 Å². The first kappa shape index (κ1) is 25.4. The number of carbonyl (C=O) groups is 3. The lowest BCUT2D eigenvalue weighted by atomic mass is 9.34. The van der Waals surface area contributed by atoms with E-state index in [1.54, 1.807) is 0 Å². The molecule has 5 heteroatoms. The van der Waals surface area contributed by atoms with Gasteiger partial charge in [-0.15, -0.1) is 0 Å². The van der Waals surface area contributed by atoms with E-state index < -0.39 is 22.2 Å². The van der Waals surface area contributed by atoms with Gasteiger partial charge in [-0.25, -0.2) is 0 Å². The van der Waals surface area contributed by atoms with Crippen molar-refractivity contribution in [2.24, 2.45) is 50.2 Å². The van der Waals surface area contributed by atoms with E-state index in [4.69, 9.17) is 0 Å². The number of carboxylic acids is 1. The maximum absolute atomic E-state index is 14.2. The van der Waals surface area contributed by atoms with Gasteiger partial charge in [0.25, 0.3) is 0 Å². The van der Waals surface area contributed by atoms with Gasteiger partial charge in [-0.2, -0.15) is 5.26 Å². The first-order valence-corrected chi connectivity index (χ1v) is 13.7. The summed E-state index contributed by atoms with van der Waals surface area (Å²) < 4.78 is 0. The Balaban J connectivity index is 1.71. The van der Waals surface area contributed by atoms with Gasteiger partial charge in [0, 0.05) is 16.7 Å². The molecule has 7 atom stereocenters. The largest absolute Gasteiger partial charge is 0.481 e. The van der Waals surface area contributed by atoms with Crippen LogP contribution in [0.2, 0.25) is 0 Å². The summed E-state index contributed by atoms with van der Waals surface area (Å²) in [5, 5.41) is 20.3. The van der Waals surface area contributed by atoms with Gasteiger partial charge in [-0.3, -0.25) is 14.4 Å². The molecular weight excluding hydrogens is 450 g/mol. The molecule has 0 bridgehead atoms. The lowest BCUT2D eigenvalue weighted by Crippen LogP contribution is -2.65. The zero-order valence-corrected chi connectivity index (χ0v) is 23.0. The van der Waals surface area contributed by atoms with Crippen molar-refractivity contribution in [2.45, 2.75) is 93.4 Å². The van der Waals surface area contributed by atoms with E-state index >= 15 is 0 Å². The summed E-state index contributed by atoms with van der Waals surface area (Å²) in [6, 6.07) is 2.15. The van der Waals surface area contributed by atoms with Crippen LogP contribution < -0.4 is 0 Å². The SMILES string of the molecule is CC1(C)CC[C@]2(C(=O)O)CC[C@]3(C)C(C(=O)C=C4[C@@]5(C)C=C(C#N)C(=O)C(C)(C)[C@@H]5CC[C@]43C)C2C1. The third-order valence-electron chi connectivity index (χ3n) is 12.3. The van der Waals surface area contributed by atoms with Crippen molar-refractivity contribution in [1.29, 1.82) is 5.26 Å².